The van der Waals surface area contributed by atoms with Crippen LogP contribution in [0.15, 0.2) is 24.5 Å². The second-order valence-corrected chi connectivity index (χ2v) is 4.80. The number of carboxylic acids is 1. The van der Waals surface area contributed by atoms with E-state index in [0.717, 1.165) is 5.56 Å². The van der Waals surface area contributed by atoms with Crippen molar-refractivity contribution in [2.24, 2.45) is 0 Å². The zero-order valence-corrected chi connectivity index (χ0v) is 11.0. The highest BCUT2D eigenvalue weighted by atomic mass is 16.4. The maximum atomic E-state index is 12.3. The Morgan fingerprint density at radius 1 is 1.44 bits per heavy atom. The first kappa shape index (κ1) is 14.2. The molecule has 5 nitrogen and oxygen atoms in total. The van der Waals surface area contributed by atoms with Crippen molar-refractivity contribution in [2.45, 2.75) is 32.2 Å². The fourth-order valence-corrected chi connectivity index (χ4v) is 1.64. The van der Waals surface area contributed by atoms with E-state index < -0.39 is 17.4 Å². The van der Waals surface area contributed by atoms with Crippen molar-refractivity contribution in [1.82, 2.24) is 9.88 Å². The number of amides is 1. The molecule has 1 aromatic heterocycles. The molecule has 1 N–H and O–H groups in total. The molecular weight excluding hydrogens is 232 g/mol. The number of nitrogens with zero attached hydrogens (tertiary/aromatic N) is 2. The number of carbonyl (C=O) groups excluding carboxylic acids is 1. The molecule has 0 bridgehead atoms. The molecule has 5 heteroatoms. The maximum Gasteiger partial charge on any atom is 0.326 e. The van der Waals surface area contributed by atoms with E-state index >= 15 is 0 Å². The van der Waals surface area contributed by atoms with Gasteiger partial charge in [0.25, 0.3) is 0 Å². The Morgan fingerprint density at radius 3 is 2.50 bits per heavy atom. The summed E-state index contributed by atoms with van der Waals surface area (Å²) >= 11 is 0. The van der Waals surface area contributed by atoms with Gasteiger partial charge in [-0.05, 0) is 32.4 Å². The molecular formula is C13H18N2O3. The third-order valence-corrected chi connectivity index (χ3v) is 3.18. The smallest absolute Gasteiger partial charge is 0.326 e. The van der Waals surface area contributed by atoms with Crippen LogP contribution in [0.2, 0.25) is 0 Å². The number of hydrogen-bond donors (Lipinski definition) is 1. The lowest BCUT2D eigenvalue weighted by Crippen LogP contribution is -2.48. The van der Waals surface area contributed by atoms with E-state index in [0.29, 0.717) is 0 Å². The summed E-state index contributed by atoms with van der Waals surface area (Å²) in [5, 5.41) is 8.93. The zero-order valence-electron chi connectivity index (χ0n) is 11.0. The Morgan fingerprint density at radius 2 is 2.06 bits per heavy atom. The van der Waals surface area contributed by atoms with Crippen LogP contribution in [0, 0.1) is 0 Å². The average molecular weight is 250 g/mol. The lowest BCUT2D eigenvalue weighted by molar-refractivity contribution is -0.150. The molecule has 18 heavy (non-hydrogen) atoms. The molecule has 1 amide bonds. The molecule has 0 spiro atoms. The Kier molecular flexibility index (Phi) is 4.06. The zero-order chi connectivity index (χ0) is 13.9. The van der Waals surface area contributed by atoms with Crippen LogP contribution in [0.5, 0.6) is 0 Å². The SMILES string of the molecule is CC(C(=O)O)N(C)C(=O)C(C)(C)c1cccnc1. The van der Waals surface area contributed by atoms with Gasteiger partial charge >= 0.3 is 5.97 Å². The normalized spacial score (nSPS) is 12.9. The molecule has 0 aliphatic heterocycles. The number of rotatable bonds is 4. The minimum absolute atomic E-state index is 0.245. The predicted molar refractivity (Wildman–Crippen MR) is 67.1 cm³/mol. The van der Waals surface area contributed by atoms with Crippen LogP contribution in [0.1, 0.15) is 26.3 Å². The van der Waals surface area contributed by atoms with Crippen LogP contribution < -0.4 is 0 Å². The Labute approximate surface area is 106 Å². The number of pyridine rings is 1. The minimum atomic E-state index is -1.02. The monoisotopic (exact) mass is 250 g/mol. The topological polar surface area (TPSA) is 70.5 Å². The summed E-state index contributed by atoms with van der Waals surface area (Å²) < 4.78 is 0. The van der Waals surface area contributed by atoms with Crippen molar-refractivity contribution >= 4 is 11.9 Å². The summed E-state index contributed by atoms with van der Waals surface area (Å²) in [4.78, 5) is 28.5. The summed E-state index contributed by atoms with van der Waals surface area (Å²) in [5.41, 5.74) is -0.0355. The molecule has 0 saturated heterocycles. The molecule has 1 heterocycles. The van der Waals surface area contributed by atoms with E-state index in [4.69, 9.17) is 5.11 Å². The third kappa shape index (κ3) is 2.67. The van der Waals surface area contributed by atoms with E-state index in [9.17, 15) is 9.59 Å². The van der Waals surface area contributed by atoms with Gasteiger partial charge in [-0.1, -0.05) is 6.07 Å². The van der Waals surface area contributed by atoms with Gasteiger partial charge < -0.3 is 10.0 Å². The van der Waals surface area contributed by atoms with E-state index in [1.807, 2.05) is 6.07 Å². The van der Waals surface area contributed by atoms with Crippen molar-refractivity contribution < 1.29 is 14.7 Å². The number of aliphatic carboxylic acids is 1. The van der Waals surface area contributed by atoms with Crippen molar-refractivity contribution in [3.63, 3.8) is 0 Å². The fourth-order valence-electron chi connectivity index (χ4n) is 1.64. The summed E-state index contributed by atoms with van der Waals surface area (Å²) in [6.07, 6.45) is 3.25. The van der Waals surface area contributed by atoms with Gasteiger partial charge in [0.15, 0.2) is 0 Å². The van der Waals surface area contributed by atoms with Gasteiger partial charge in [0, 0.05) is 19.4 Å². The number of likely N-dealkylation sites (N-methyl/N-ethyl adjacent to an activating group) is 1. The standard InChI is InChI=1S/C13H18N2O3/c1-9(11(16)17)15(4)12(18)13(2,3)10-6-5-7-14-8-10/h5-9H,1-4H3,(H,16,17). The molecule has 0 aliphatic carbocycles. The molecule has 98 valence electrons. The minimum Gasteiger partial charge on any atom is -0.480 e. The van der Waals surface area contributed by atoms with Crippen LogP contribution in [-0.2, 0) is 15.0 Å². The lowest BCUT2D eigenvalue weighted by atomic mass is 9.84. The molecule has 1 rings (SSSR count). The number of carbonyl (C=O) groups is 2. The number of aromatic nitrogens is 1. The van der Waals surface area contributed by atoms with Gasteiger partial charge in [-0.3, -0.25) is 9.78 Å². The van der Waals surface area contributed by atoms with Crippen LogP contribution in [0.25, 0.3) is 0 Å². The number of hydrogen-bond acceptors (Lipinski definition) is 3. The number of carboxylic acid groups (broad SMARTS) is 1. The summed E-state index contributed by atoms with van der Waals surface area (Å²) in [6.45, 7) is 5.01. The van der Waals surface area contributed by atoms with Crippen molar-refractivity contribution in [3.8, 4) is 0 Å². The molecule has 0 aliphatic rings. The van der Waals surface area contributed by atoms with Crippen molar-refractivity contribution in [1.29, 1.82) is 0 Å². The fraction of sp³-hybridized carbons (Fsp3) is 0.462. The lowest BCUT2D eigenvalue weighted by Gasteiger charge is -2.31. The van der Waals surface area contributed by atoms with Gasteiger partial charge in [0.05, 0.1) is 5.41 Å². The first-order valence-electron chi connectivity index (χ1n) is 5.69. The van der Waals surface area contributed by atoms with Crippen LogP contribution in [0.4, 0.5) is 0 Å². The summed E-state index contributed by atoms with van der Waals surface area (Å²) in [7, 11) is 1.50. The van der Waals surface area contributed by atoms with Gasteiger partial charge in [-0.15, -0.1) is 0 Å². The maximum absolute atomic E-state index is 12.3. The highest BCUT2D eigenvalue weighted by molar-refractivity contribution is 5.90. The quantitative estimate of drug-likeness (QED) is 0.874. The van der Waals surface area contributed by atoms with E-state index in [2.05, 4.69) is 4.98 Å². The Balaban J connectivity index is 2.99. The second-order valence-electron chi connectivity index (χ2n) is 4.80. The molecule has 1 aromatic rings. The molecule has 1 unspecified atom stereocenters. The van der Waals surface area contributed by atoms with Gasteiger partial charge in [-0.25, -0.2) is 4.79 Å². The molecule has 0 radical (unpaired) electrons. The second kappa shape index (κ2) is 5.16. The van der Waals surface area contributed by atoms with Crippen LogP contribution in [0.3, 0.4) is 0 Å². The molecule has 0 aromatic carbocycles. The van der Waals surface area contributed by atoms with Crippen molar-refractivity contribution in [3.05, 3.63) is 30.1 Å². The predicted octanol–water partition coefficient (Wildman–Crippen LogP) is 1.29. The molecule has 0 saturated carbocycles. The van der Waals surface area contributed by atoms with Gasteiger partial charge in [0.1, 0.15) is 6.04 Å². The highest BCUT2D eigenvalue weighted by Crippen LogP contribution is 2.25. The van der Waals surface area contributed by atoms with Crippen molar-refractivity contribution in [2.75, 3.05) is 7.05 Å². The largest absolute Gasteiger partial charge is 0.480 e. The van der Waals surface area contributed by atoms with Crippen LogP contribution >= 0.6 is 0 Å². The summed E-state index contributed by atoms with van der Waals surface area (Å²) in [6, 6.07) is 2.71. The molecule has 0 fully saturated rings. The van der Waals surface area contributed by atoms with Gasteiger partial charge in [0.2, 0.25) is 5.91 Å². The molecule has 1 atom stereocenters. The van der Waals surface area contributed by atoms with E-state index in [-0.39, 0.29) is 5.91 Å². The van der Waals surface area contributed by atoms with Crippen LogP contribution in [-0.4, -0.2) is 40.0 Å². The van der Waals surface area contributed by atoms with E-state index in [1.165, 1.54) is 18.9 Å². The van der Waals surface area contributed by atoms with E-state index in [1.54, 1.807) is 32.3 Å². The first-order valence-corrected chi connectivity index (χ1v) is 5.69. The highest BCUT2D eigenvalue weighted by Gasteiger charge is 2.35. The Hall–Kier alpha value is -1.91. The third-order valence-electron chi connectivity index (χ3n) is 3.18. The van der Waals surface area contributed by atoms with Gasteiger partial charge in [-0.2, -0.15) is 0 Å². The summed E-state index contributed by atoms with van der Waals surface area (Å²) in [5.74, 6) is -1.27. The first-order chi connectivity index (χ1) is 8.28. The average Bonchev–Trinajstić information content (AvgIpc) is 2.36. The Bertz CT molecular complexity index is 443.